The number of hydrogen-bond donors (Lipinski definition) is 2. The summed E-state index contributed by atoms with van der Waals surface area (Å²) in [5.74, 6) is -1.08. The summed E-state index contributed by atoms with van der Waals surface area (Å²) in [4.78, 5) is 10.4. The molecule has 4 heteroatoms. The zero-order valence-corrected chi connectivity index (χ0v) is 8.03. The van der Waals surface area contributed by atoms with Gasteiger partial charge in [-0.2, -0.15) is 0 Å². The fraction of sp³-hybridized carbons (Fsp3) is 0.100. The third-order valence-corrected chi connectivity index (χ3v) is 1.94. The molecule has 1 aromatic carbocycles. The van der Waals surface area contributed by atoms with Crippen molar-refractivity contribution in [3.8, 4) is 0 Å². The highest BCUT2D eigenvalue weighted by molar-refractivity contribution is 6.30. The third kappa shape index (κ3) is 2.87. The Morgan fingerprint density at radius 2 is 1.93 bits per heavy atom. The van der Waals surface area contributed by atoms with Crippen molar-refractivity contribution in [2.24, 2.45) is 0 Å². The molecule has 14 heavy (non-hydrogen) atoms. The number of halogens is 1. The second kappa shape index (κ2) is 4.79. The van der Waals surface area contributed by atoms with Gasteiger partial charge in [-0.1, -0.05) is 23.7 Å². The standard InChI is InChI=1S/C10H9ClO3/c11-9-3-1-7(2-4-9)8(6-12)5-10(13)14/h1-5,12H,6H2,(H,13,14)/b8-5+. The number of aliphatic hydroxyl groups excluding tert-OH is 1. The smallest absolute Gasteiger partial charge is 0.328 e. The molecule has 2 N–H and O–H groups in total. The molecule has 0 radical (unpaired) electrons. The molecule has 1 aromatic rings. The summed E-state index contributed by atoms with van der Waals surface area (Å²) in [7, 11) is 0. The second-order valence-electron chi connectivity index (χ2n) is 2.67. The molecule has 0 aliphatic heterocycles. The zero-order valence-electron chi connectivity index (χ0n) is 7.27. The van der Waals surface area contributed by atoms with E-state index in [1.807, 2.05) is 0 Å². The van der Waals surface area contributed by atoms with Gasteiger partial charge in [-0.05, 0) is 23.3 Å². The lowest BCUT2D eigenvalue weighted by molar-refractivity contribution is -0.131. The molecular weight excluding hydrogens is 204 g/mol. The first-order valence-corrected chi connectivity index (χ1v) is 4.31. The van der Waals surface area contributed by atoms with Gasteiger partial charge in [0.05, 0.1) is 6.61 Å². The predicted molar refractivity (Wildman–Crippen MR) is 54.2 cm³/mol. The molecule has 3 nitrogen and oxygen atoms in total. The van der Waals surface area contributed by atoms with Crippen molar-refractivity contribution >= 4 is 23.1 Å². The maximum absolute atomic E-state index is 10.4. The van der Waals surface area contributed by atoms with E-state index in [2.05, 4.69) is 0 Å². The highest BCUT2D eigenvalue weighted by Crippen LogP contribution is 2.16. The molecule has 0 amide bonds. The van der Waals surface area contributed by atoms with Crippen LogP contribution < -0.4 is 0 Å². The van der Waals surface area contributed by atoms with Gasteiger partial charge < -0.3 is 10.2 Å². The predicted octanol–water partition coefficient (Wildman–Crippen LogP) is 1.80. The zero-order chi connectivity index (χ0) is 10.6. The van der Waals surface area contributed by atoms with Crippen LogP contribution in [0.1, 0.15) is 5.56 Å². The molecule has 0 unspecified atom stereocenters. The van der Waals surface area contributed by atoms with Gasteiger partial charge in [-0.3, -0.25) is 0 Å². The molecule has 0 atom stereocenters. The van der Waals surface area contributed by atoms with Crippen LogP contribution in [-0.4, -0.2) is 22.8 Å². The van der Waals surface area contributed by atoms with Gasteiger partial charge in [-0.15, -0.1) is 0 Å². The molecule has 0 bridgehead atoms. The Hall–Kier alpha value is -1.32. The van der Waals surface area contributed by atoms with Gasteiger partial charge in [0.25, 0.3) is 0 Å². The normalized spacial score (nSPS) is 11.4. The van der Waals surface area contributed by atoms with Crippen molar-refractivity contribution in [1.82, 2.24) is 0 Å². The number of rotatable bonds is 3. The SMILES string of the molecule is O=C(O)/C=C(\CO)c1ccc(Cl)cc1. The average Bonchev–Trinajstić information content (AvgIpc) is 2.15. The Balaban J connectivity index is 3.01. The van der Waals surface area contributed by atoms with E-state index in [4.69, 9.17) is 21.8 Å². The molecule has 0 aliphatic carbocycles. The lowest BCUT2D eigenvalue weighted by Crippen LogP contribution is -1.96. The fourth-order valence-corrected chi connectivity index (χ4v) is 1.16. The molecule has 0 spiro atoms. The van der Waals surface area contributed by atoms with Gasteiger partial charge in [-0.25, -0.2) is 4.79 Å². The molecule has 0 saturated carbocycles. The van der Waals surface area contributed by atoms with Crippen molar-refractivity contribution < 1.29 is 15.0 Å². The summed E-state index contributed by atoms with van der Waals surface area (Å²) in [6.45, 7) is -0.312. The van der Waals surface area contributed by atoms with Crippen molar-refractivity contribution in [1.29, 1.82) is 0 Å². The van der Waals surface area contributed by atoms with Crippen LogP contribution in [0, 0.1) is 0 Å². The van der Waals surface area contributed by atoms with Crippen LogP contribution in [0.5, 0.6) is 0 Å². The summed E-state index contributed by atoms with van der Waals surface area (Å²) in [6, 6.07) is 6.60. The number of carbonyl (C=O) groups is 1. The van der Waals surface area contributed by atoms with Crippen LogP contribution in [0.4, 0.5) is 0 Å². The first-order valence-electron chi connectivity index (χ1n) is 3.94. The molecule has 74 valence electrons. The first-order chi connectivity index (χ1) is 6.63. The van der Waals surface area contributed by atoms with Crippen LogP contribution in [-0.2, 0) is 4.79 Å². The van der Waals surface area contributed by atoms with Gasteiger partial charge in [0.1, 0.15) is 0 Å². The van der Waals surface area contributed by atoms with Crippen molar-refractivity contribution in [3.05, 3.63) is 40.9 Å². The minimum atomic E-state index is -1.08. The van der Waals surface area contributed by atoms with Crippen LogP contribution in [0.2, 0.25) is 5.02 Å². The van der Waals surface area contributed by atoms with Gasteiger partial charge >= 0.3 is 5.97 Å². The van der Waals surface area contributed by atoms with Gasteiger partial charge in [0.15, 0.2) is 0 Å². The van der Waals surface area contributed by atoms with Crippen molar-refractivity contribution in [2.45, 2.75) is 0 Å². The Morgan fingerprint density at radius 3 is 2.36 bits per heavy atom. The van der Waals surface area contributed by atoms with Crippen LogP contribution in [0.3, 0.4) is 0 Å². The maximum Gasteiger partial charge on any atom is 0.328 e. The molecule has 0 aliphatic rings. The average molecular weight is 213 g/mol. The number of carboxylic acids is 1. The Bertz CT molecular complexity index is 354. The van der Waals surface area contributed by atoms with E-state index >= 15 is 0 Å². The maximum atomic E-state index is 10.4. The van der Waals surface area contributed by atoms with E-state index in [1.165, 1.54) is 0 Å². The van der Waals surface area contributed by atoms with E-state index in [1.54, 1.807) is 24.3 Å². The van der Waals surface area contributed by atoms with E-state index in [0.717, 1.165) is 6.08 Å². The number of carboxylic acid groups (broad SMARTS) is 1. The summed E-state index contributed by atoms with van der Waals surface area (Å²) >= 11 is 5.67. The Morgan fingerprint density at radius 1 is 1.36 bits per heavy atom. The summed E-state index contributed by atoms with van der Waals surface area (Å²) in [5, 5.41) is 18.0. The highest BCUT2D eigenvalue weighted by atomic mass is 35.5. The second-order valence-corrected chi connectivity index (χ2v) is 3.11. The van der Waals surface area contributed by atoms with E-state index in [9.17, 15) is 4.79 Å². The molecule has 0 heterocycles. The summed E-state index contributed by atoms with van der Waals surface area (Å²) < 4.78 is 0. The van der Waals surface area contributed by atoms with Gasteiger partial charge in [0.2, 0.25) is 0 Å². The summed E-state index contributed by atoms with van der Waals surface area (Å²) in [5.41, 5.74) is 1.01. The number of aliphatic carboxylic acids is 1. The molecule has 0 aromatic heterocycles. The number of benzene rings is 1. The highest BCUT2D eigenvalue weighted by Gasteiger charge is 2.02. The Kier molecular flexibility index (Phi) is 3.68. The molecule has 0 fully saturated rings. The van der Waals surface area contributed by atoms with Crippen LogP contribution in [0.15, 0.2) is 30.3 Å². The van der Waals surface area contributed by atoms with Crippen molar-refractivity contribution in [3.63, 3.8) is 0 Å². The van der Waals surface area contributed by atoms with Gasteiger partial charge in [0, 0.05) is 11.1 Å². The summed E-state index contributed by atoms with van der Waals surface area (Å²) in [6.07, 6.45) is 0.975. The molecule has 0 saturated heterocycles. The minimum absolute atomic E-state index is 0.312. The van der Waals surface area contributed by atoms with E-state index in [0.29, 0.717) is 16.2 Å². The molecular formula is C10H9ClO3. The lowest BCUT2D eigenvalue weighted by Gasteiger charge is -2.02. The largest absolute Gasteiger partial charge is 0.478 e. The third-order valence-electron chi connectivity index (χ3n) is 1.68. The quantitative estimate of drug-likeness (QED) is 0.752. The number of hydrogen-bond acceptors (Lipinski definition) is 2. The van der Waals surface area contributed by atoms with E-state index < -0.39 is 5.97 Å². The topological polar surface area (TPSA) is 57.5 Å². The monoisotopic (exact) mass is 212 g/mol. The van der Waals surface area contributed by atoms with Crippen molar-refractivity contribution in [2.75, 3.05) is 6.61 Å². The minimum Gasteiger partial charge on any atom is -0.478 e. The lowest BCUT2D eigenvalue weighted by atomic mass is 10.1. The number of aliphatic hydroxyl groups is 1. The Labute approximate surface area is 86.3 Å². The fourth-order valence-electron chi connectivity index (χ4n) is 1.03. The van der Waals surface area contributed by atoms with Crippen LogP contribution in [0.25, 0.3) is 5.57 Å². The van der Waals surface area contributed by atoms with Crippen LogP contribution >= 0.6 is 11.6 Å². The first kappa shape index (κ1) is 10.8. The van der Waals surface area contributed by atoms with E-state index in [-0.39, 0.29) is 6.61 Å². The molecule has 1 rings (SSSR count).